The minimum absolute atomic E-state index is 0.0286. The summed E-state index contributed by atoms with van der Waals surface area (Å²) in [5.41, 5.74) is 7.23. The highest BCUT2D eigenvalue weighted by Crippen LogP contribution is 2.16. The zero-order valence-corrected chi connectivity index (χ0v) is 12.6. The molecule has 1 amide bonds. The van der Waals surface area contributed by atoms with Crippen LogP contribution in [0.1, 0.15) is 23.3 Å². The van der Waals surface area contributed by atoms with E-state index in [1.807, 2.05) is 29.2 Å². The average molecular weight is 300 g/mol. The van der Waals surface area contributed by atoms with Crippen molar-refractivity contribution in [3.63, 3.8) is 0 Å². The van der Waals surface area contributed by atoms with Crippen LogP contribution < -0.4 is 10.5 Å². The van der Waals surface area contributed by atoms with E-state index in [9.17, 15) is 4.79 Å². The Morgan fingerprint density at radius 3 is 2.55 bits per heavy atom. The highest BCUT2D eigenvalue weighted by atomic mass is 16.5. The maximum absolute atomic E-state index is 12.4. The predicted molar refractivity (Wildman–Crippen MR) is 83.2 cm³/mol. The molecule has 6 nitrogen and oxygen atoms in total. The summed E-state index contributed by atoms with van der Waals surface area (Å²) in [5.74, 6) is 0.760. The molecule has 2 heterocycles. The van der Waals surface area contributed by atoms with Crippen LogP contribution in [0.25, 0.3) is 5.69 Å². The Morgan fingerprint density at radius 2 is 1.91 bits per heavy atom. The van der Waals surface area contributed by atoms with Crippen molar-refractivity contribution in [3.05, 3.63) is 42.2 Å². The Balaban J connectivity index is 1.73. The Kier molecular flexibility index (Phi) is 4.11. The van der Waals surface area contributed by atoms with Gasteiger partial charge in [-0.25, -0.2) is 4.68 Å². The molecule has 1 aromatic heterocycles. The van der Waals surface area contributed by atoms with Gasteiger partial charge < -0.3 is 15.4 Å². The highest BCUT2D eigenvalue weighted by Gasteiger charge is 2.23. The minimum atomic E-state index is -0.0286. The number of hydrogen-bond acceptors (Lipinski definition) is 4. The monoisotopic (exact) mass is 300 g/mol. The lowest BCUT2D eigenvalue weighted by molar-refractivity contribution is 0.0708. The van der Waals surface area contributed by atoms with Gasteiger partial charge in [-0.3, -0.25) is 4.79 Å². The van der Waals surface area contributed by atoms with E-state index in [1.54, 1.807) is 24.1 Å². The molecule has 116 valence electrons. The number of amides is 1. The summed E-state index contributed by atoms with van der Waals surface area (Å²) < 4.78 is 6.83. The number of hydrogen-bond donors (Lipinski definition) is 1. The number of carbonyl (C=O) groups excluding carboxylic acids is 1. The lowest BCUT2D eigenvalue weighted by Gasteiger charge is -2.29. The summed E-state index contributed by atoms with van der Waals surface area (Å²) in [6, 6.07) is 9.50. The average Bonchev–Trinajstić information content (AvgIpc) is 3.05. The molecule has 0 aliphatic carbocycles. The number of carbonyl (C=O) groups is 1. The van der Waals surface area contributed by atoms with E-state index < -0.39 is 0 Å². The number of aromatic nitrogens is 2. The highest BCUT2D eigenvalue weighted by molar-refractivity contribution is 5.92. The summed E-state index contributed by atoms with van der Waals surface area (Å²) >= 11 is 0. The molecule has 22 heavy (non-hydrogen) atoms. The summed E-state index contributed by atoms with van der Waals surface area (Å²) in [7, 11) is 1.63. The Bertz CT molecular complexity index is 642. The van der Waals surface area contributed by atoms with Crippen molar-refractivity contribution in [2.24, 2.45) is 5.73 Å². The predicted octanol–water partition coefficient (Wildman–Crippen LogP) is 1.44. The summed E-state index contributed by atoms with van der Waals surface area (Å²) in [4.78, 5) is 14.3. The van der Waals surface area contributed by atoms with Crippen LogP contribution in [0.4, 0.5) is 0 Å². The molecule has 1 aromatic carbocycles. The molecule has 0 spiro atoms. The molecule has 0 unspecified atom stereocenters. The van der Waals surface area contributed by atoms with E-state index in [4.69, 9.17) is 10.5 Å². The van der Waals surface area contributed by atoms with E-state index >= 15 is 0 Å². The fourth-order valence-electron chi connectivity index (χ4n) is 2.58. The Morgan fingerprint density at radius 1 is 1.23 bits per heavy atom. The van der Waals surface area contributed by atoms with Gasteiger partial charge in [-0.2, -0.15) is 5.10 Å². The van der Waals surface area contributed by atoms with Gasteiger partial charge in [0.15, 0.2) is 5.69 Å². The molecular formula is C16H20N4O2. The normalized spacial score (nSPS) is 15.8. The third-order valence-electron chi connectivity index (χ3n) is 3.97. The number of nitrogens with two attached hydrogens (primary N) is 1. The second kappa shape index (κ2) is 6.19. The Hall–Kier alpha value is -2.34. The first kappa shape index (κ1) is 14.6. The van der Waals surface area contributed by atoms with Crippen molar-refractivity contribution in [2.45, 2.75) is 18.9 Å². The van der Waals surface area contributed by atoms with Crippen LogP contribution in [0.3, 0.4) is 0 Å². The van der Waals surface area contributed by atoms with Crippen LogP contribution in [0.5, 0.6) is 5.75 Å². The van der Waals surface area contributed by atoms with Gasteiger partial charge in [0.25, 0.3) is 5.91 Å². The van der Waals surface area contributed by atoms with Gasteiger partial charge in [0, 0.05) is 25.3 Å². The first-order valence-corrected chi connectivity index (χ1v) is 7.42. The van der Waals surface area contributed by atoms with Gasteiger partial charge in [-0.15, -0.1) is 0 Å². The molecular weight excluding hydrogens is 280 g/mol. The van der Waals surface area contributed by atoms with Gasteiger partial charge in [0.05, 0.1) is 12.8 Å². The van der Waals surface area contributed by atoms with Crippen LogP contribution in [0.15, 0.2) is 36.5 Å². The maximum Gasteiger partial charge on any atom is 0.274 e. The van der Waals surface area contributed by atoms with Crippen molar-refractivity contribution in [1.29, 1.82) is 0 Å². The molecule has 1 aliphatic heterocycles. The van der Waals surface area contributed by atoms with Crippen LogP contribution in [-0.4, -0.2) is 46.8 Å². The number of rotatable bonds is 3. The van der Waals surface area contributed by atoms with Crippen molar-refractivity contribution in [1.82, 2.24) is 14.7 Å². The number of benzene rings is 1. The second-order valence-electron chi connectivity index (χ2n) is 5.47. The van der Waals surface area contributed by atoms with Gasteiger partial charge in [0.1, 0.15) is 5.75 Å². The maximum atomic E-state index is 12.4. The van der Waals surface area contributed by atoms with Crippen LogP contribution in [0.2, 0.25) is 0 Å². The minimum Gasteiger partial charge on any atom is -0.497 e. The first-order chi connectivity index (χ1) is 10.7. The van der Waals surface area contributed by atoms with Gasteiger partial charge in [0.2, 0.25) is 0 Å². The summed E-state index contributed by atoms with van der Waals surface area (Å²) in [6.45, 7) is 1.41. The van der Waals surface area contributed by atoms with Crippen LogP contribution in [-0.2, 0) is 0 Å². The first-order valence-electron chi connectivity index (χ1n) is 7.42. The lowest BCUT2D eigenvalue weighted by Crippen LogP contribution is -2.43. The molecule has 0 bridgehead atoms. The van der Waals surface area contributed by atoms with Gasteiger partial charge in [-0.05, 0) is 43.2 Å². The number of piperidine rings is 1. The second-order valence-corrected chi connectivity index (χ2v) is 5.47. The molecule has 1 fully saturated rings. The fraction of sp³-hybridized carbons (Fsp3) is 0.375. The molecule has 3 rings (SSSR count). The topological polar surface area (TPSA) is 73.4 Å². The number of likely N-dealkylation sites (tertiary alicyclic amines) is 1. The molecule has 1 saturated heterocycles. The van der Waals surface area contributed by atoms with Crippen LogP contribution in [0, 0.1) is 0 Å². The van der Waals surface area contributed by atoms with E-state index in [2.05, 4.69) is 5.10 Å². The third kappa shape index (κ3) is 2.96. The number of methoxy groups -OCH3 is 1. The summed E-state index contributed by atoms with van der Waals surface area (Å²) in [5, 5.41) is 4.38. The lowest BCUT2D eigenvalue weighted by atomic mass is 10.1. The number of nitrogens with zero attached hydrogens (tertiary/aromatic N) is 3. The molecule has 0 saturated carbocycles. The van der Waals surface area contributed by atoms with Crippen molar-refractivity contribution < 1.29 is 9.53 Å². The molecule has 6 heteroatoms. The number of ether oxygens (including phenoxy) is 1. The molecule has 1 aliphatic rings. The fourth-order valence-corrected chi connectivity index (χ4v) is 2.58. The Labute approximate surface area is 129 Å². The van der Waals surface area contributed by atoms with Gasteiger partial charge >= 0.3 is 0 Å². The van der Waals surface area contributed by atoms with Crippen LogP contribution >= 0.6 is 0 Å². The smallest absolute Gasteiger partial charge is 0.274 e. The van der Waals surface area contributed by atoms with E-state index in [1.165, 1.54) is 0 Å². The molecule has 0 radical (unpaired) electrons. The standard InChI is InChI=1S/C16H20N4O2/c1-22-14-4-2-13(3-5-14)20-11-8-15(18-20)16(21)19-9-6-12(17)7-10-19/h2-5,8,11-12H,6-7,9-10,17H2,1H3. The zero-order valence-electron chi connectivity index (χ0n) is 12.6. The zero-order chi connectivity index (χ0) is 15.5. The van der Waals surface area contributed by atoms with Gasteiger partial charge in [-0.1, -0.05) is 0 Å². The van der Waals surface area contributed by atoms with Crippen molar-refractivity contribution >= 4 is 5.91 Å². The summed E-state index contributed by atoms with van der Waals surface area (Å²) in [6.07, 6.45) is 3.50. The third-order valence-corrected chi connectivity index (χ3v) is 3.97. The van der Waals surface area contributed by atoms with E-state index in [0.717, 1.165) is 24.3 Å². The SMILES string of the molecule is COc1ccc(-n2ccc(C(=O)N3CCC(N)CC3)n2)cc1. The largest absolute Gasteiger partial charge is 0.497 e. The van der Waals surface area contributed by atoms with E-state index in [-0.39, 0.29) is 11.9 Å². The van der Waals surface area contributed by atoms with E-state index in [0.29, 0.717) is 18.8 Å². The quantitative estimate of drug-likeness (QED) is 0.931. The molecule has 2 aromatic rings. The van der Waals surface area contributed by atoms with Crippen molar-refractivity contribution in [3.8, 4) is 11.4 Å². The molecule has 2 N–H and O–H groups in total. The molecule has 0 atom stereocenters. The van der Waals surface area contributed by atoms with Crippen molar-refractivity contribution in [2.75, 3.05) is 20.2 Å².